The Morgan fingerprint density at radius 1 is 0.865 bits per heavy atom. The van der Waals surface area contributed by atoms with Crippen LogP contribution in [0, 0.1) is 16.7 Å². The molecule has 3 rings (SSSR count). The fraction of sp³-hybridized carbons (Fsp3) is 0.629. The minimum Gasteiger partial charge on any atom is -0.396 e. The van der Waals surface area contributed by atoms with Crippen molar-refractivity contribution < 1.29 is 5.11 Å². The lowest BCUT2D eigenvalue weighted by atomic mass is 9.66. The third-order valence-electron chi connectivity index (χ3n) is 8.81. The van der Waals surface area contributed by atoms with Crippen molar-refractivity contribution >= 4 is 0 Å². The topological polar surface area (TPSA) is 44.0 Å². The average Bonchev–Trinajstić information content (AvgIpc) is 2.94. The van der Waals surface area contributed by atoms with Gasteiger partial charge in [0.1, 0.15) is 0 Å². The molecule has 2 aromatic carbocycles. The van der Waals surface area contributed by atoms with Crippen LogP contribution in [-0.2, 0) is 0 Å². The van der Waals surface area contributed by atoms with E-state index in [9.17, 15) is 5.26 Å². The Morgan fingerprint density at radius 3 is 2.00 bits per heavy atom. The van der Waals surface area contributed by atoms with Crippen LogP contribution >= 0.6 is 0 Å². The number of aliphatic hydroxyl groups is 1. The first kappa shape index (κ1) is 29.4. The Hall–Kier alpha value is -2.11. The molecule has 3 unspecified atom stereocenters. The van der Waals surface area contributed by atoms with Crippen molar-refractivity contribution in [3.8, 4) is 17.2 Å². The molecule has 2 aromatic rings. The van der Waals surface area contributed by atoms with Gasteiger partial charge in [-0.05, 0) is 72.6 Å². The van der Waals surface area contributed by atoms with E-state index in [0.29, 0.717) is 18.4 Å². The number of nitrogens with zero attached hydrogens (tertiary/aromatic N) is 1. The lowest BCUT2D eigenvalue weighted by molar-refractivity contribution is 0.218. The molecule has 0 spiro atoms. The van der Waals surface area contributed by atoms with Gasteiger partial charge in [-0.2, -0.15) is 5.26 Å². The van der Waals surface area contributed by atoms with Crippen molar-refractivity contribution in [2.24, 2.45) is 5.41 Å². The van der Waals surface area contributed by atoms with E-state index < -0.39 is 0 Å². The number of unbranched alkanes of at least 4 members (excludes halogenated alkanes) is 8. The fourth-order valence-electron chi connectivity index (χ4n) is 6.40. The molecule has 0 amide bonds. The van der Waals surface area contributed by atoms with Gasteiger partial charge in [0.25, 0.3) is 0 Å². The van der Waals surface area contributed by atoms with E-state index in [4.69, 9.17) is 5.11 Å². The largest absolute Gasteiger partial charge is 0.396 e. The van der Waals surface area contributed by atoms with Crippen LogP contribution in [-0.4, -0.2) is 11.7 Å². The second-order valence-electron chi connectivity index (χ2n) is 11.8. The molecule has 3 atom stereocenters. The summed E-state index contributed by atoms with van der Waals surface area (Å²) in [5.74, 6) is 1.14. The van der Waals surface area contributed by atoms with Gasteiger partial charge in [-0.25, -0.2) is 0 Å². The number of hydrogen-bond donors (Lipinski definition) is 1. The Bertz CT molecular complexity index is 925. The molecule has 0 bridgehead atoms. The van der Waals surface area contributed by atoms with Crippen LogP contribution in [0.25, 0.3) is 11.1 Å². The maximum atomic E-state index is 10.2. The molecular formula is C35H51NO. The summed E-state index contributed by atoms with van der Waals surface area (Å²) in [6.45, 7) is 4.91. The molecule has 1 saturated carbocycles. The number of aliphatic hydroxyl groups excluding tert-OH is 1. The van der Waals surface area contributed by atoms with Crippen LogP contribution in [0.15, 0.2) is 48.5 Å². The highest BCUT2D eigenvalue weighted by atomic mass is 16.2. The fourth-order valence-corrected chi connectivity index (χ4v) is 6.40. The van der Waals surface area contributed by atoms with Crippen LogP contribution in [0.1, 0.15) is 140 Å². The molecule has 0 radical (unpaired) electrons. The smallest absolute Gasteiger partial charge is 0.0689 e. The molecule has 1 aliphatic carbocycles. The van der Waals surface area contributed by atoms with Crippen molar-refractivity contribution in [1.82, 2.24) is 0 Å². The van der Waals surface area contributed by atoms with Gasteiger partial charge in [0.15, 0.2) is 0 Å². The lowest BCUT2D eigenvalue weighted by Crippen LogP contribution is -2.26. The first-order valence-electron chi connectivity index (χ1n) is 15.3. The maximum Gasteiger partial charge on any atom is 0.0689 e. The summed E-state index contributed by atoms with van der Waals surface area (Å²) in [5.41, 5.74) is 5.30. The second-order valence-corrected chi connectivity index (χ2v) is 11.8. The molecule has 202 valence electrons. The van der Waals surface area contributed by atoms with Crippen LogP contribution in [0.3, 0.4) is 0 Å². The van der Waals surface area contributed by atoms with Crippen molar-refractivity contribution in [1.29, 1.82) is 5.26 Å². The van der Waals surface area contributed by atoms with Crippen molar-refractivity contribution in [3.63, 3.8) is 0 Å². The van der Waals surface area contributed by atoms with Gasteiger partial charge in [0, 0.05) is 6.61 Å². The first-order chi connectivity index (χ1) is 18.1. The van der Waals surface area contributed by atoms with E-state index in [-0.39, 0.29) is 5.41 Å². The summed E-state index contributed by atoms with van der Waals surface area (Å²) < 4.78 is 0. The molecule has 0 aromatic heterocycles. The Labute approximate surface area is 227 Å². The van der Waals surface area contributed by atoms with Gasteiger partial charge in [-0.3, -0.25) is 0 Å². The van der Waals surface area contributed by atoms with Gasteiger partial charge >= 0.3 is 0 Å². The lowest BCUT2D eigenvalue weighted by Gasteiger charge is -2.36. The third kappa shape index (κ3) is 9.30. The molecule has 0 saturated heterocycles. The van der Waals surface area contributed by atoms with Crippen LogP contribution in [0.2, 0.25) is 0 Å². The molecule has 1 aliphatic rings. The van der Waals surface area contributed by atoms with E-state index in [1.165, 1.54) is 92.9 Å². The average molecular weight is 502 g/mol. The SMILES string of the molecule is CCCC(C)c1ccc(-c2ccc(C3CCCC(C#N)(CCCCCCCCCCCO)C3)cc2)cc1. The zero-order valence-electron chi connectivity index (χ0n) is 23.7. The summed E-state index contributed by atoms with van der Waals surface area (Å²) in [6, 6.07) is 21.1. The van der Waals surface area contributed by atoms with E-state index >= 15 is 0 Å². The quantitative estimate of drug-likeness (QED) is 0.232. The van der Waals surface area contributed by atoms with Crippen molar-refractivity contribution in [3.05, 3.63) is 59.7 Å². The number of benzene rings is 2. The standard InChI is InChI=1S/C35H51NO/c1-3-14-29(2)30-16-18-31(19-17-30)32-20-22-33(23-21-32)34-15-13-25-35(27-34,28-36)24-11-9-7-5-4-6-8-10-12-26-37/h16-23,29,34,37H,3-15,24-27H2,1-2H3. The highest BCUT2D eigenvalue weighted by Crippen LogP contribution is 2.47. The summed E-state index contributed by atoms with van der Waals surface area (Å²) in [5, 5.41) is 19.0. The summed E-state index contributed by atoms with van der Waals surface area (Å²) in [6.07, 6.45) is 19.1. The van der Waals surface area contributed by atoms with Gasteiger partial charge in [-0.15, -0.1) is 0 Å². The highest BCUT2D eigenvalue weighted by molar-refractivity contribution is 5.64. The van der Waals surface area contributed by atoms with Gasteiger partial charge in [0.05, 0.1) is 11.5 Å². The van der Waals surface area contributed by atoms with Crippen molar-refractivity contribution in [2.45, 2.75) is 128 Å². The van der Waals surface area contributed by atoms with Gasteiger partial charge in [-0.1, -0.05) is 127 Å². The summed E-state index contributed by atoms with van der Waals surface area (Å²) >= 11 is 0. The van der Waals surface area contributed by atoms with E-state index in [2.05, 4.69) is 68.4 Å². The third-order valence-corrected chi connectivity index (χ3v) is 8.81. The van der Waals surface area contributed by atoms with E-state index in [1.807, 2.05) is 0 Å². The number of rotatable bonds is 16. The minimum atomic E-state index is -0.128. The number of hydrogen-bond acceptors (Lipinski definition) is 2. The maximum absolute atomic E-state index is 10.2. The van der Waals surface area contributed by atoms with E-state index in [1.54, 1.807) is 0 Å². The van der Waals surface area contributed by atoms with Crippen molar-refractivity contribution in [2.75, 3.05) is 6.61 Å². The van der Waals surface area contributed by atoms with Crippen LogP contribution in [0.5, 0.6) is 0 Å². The molecule has 2 heteroatoms. The molecule has 1 N–H and O–H groups in total. The summed E-state index contributed by atoms with van der Waals surface area (Å²) in [7, 11) is 0. The molecular weight excluding hydrogens is 450 g/mol. The Morgan fingerprint density at radius 2 is 1.43 bits per heavy atom. The predicted molar refractivity (Wildman–Crippen MR) is 158 cm³/mol. The number of nitriles is 1. The van der Waals surface area contributed by atoms with Gasteiger partial charge < -0.3 is 5.11 Å². The van der Waals surface area contributed by atoms with Crippen LogP contribution < -0.4 is 0 Å². The highest BCUT2D eigenvalue weighted by Gasteiger charge is 2.36. The van der Waals surface area contributed by atoms with Crippen LogP contribution in [0.4, 0.5) is 0 Å². The van der Waals surface area contributed by atoms with Gasteiger partial charge in [0.2, 0.25) is 0 Å². The molecule has 1 fully saturated rings. The first-order valence-corrected chi connectivity index (χ1v) is 15.3. The monoisotopic (exact) mass is 501 g/mol. The van der Waals surface area contributed by atoms with E-state index in [0.717, 1.165) is 32.1 Å². The molecule has 2 nitrogen and oxygen atoms in total. The minimum absolute atomic E-state index is 0.128. The molecule has 0 heterocycles. The summed E-state index contributed by atoms with van der Waals surface area (Å²) in [4.78, 5) is 0. The molecule has 37 heavy (non-hydrogen) atoms. The predicted octanol–water partition coefficient (Wildman–Crippen LogP) is 10.3. The zero-order chi connectivity index (χ0) is 26.3. The Balaban J connectivity index is 1.47. The second kappa shape index (κ2) is 16.0. The normalized spacial score (nSPS) is 20.4. The Kier molecular flexibility index (Phi) is 12.7. The molecule has 0 aliphatic heterocycles. The zero-order valence-corrected chi connectivity index (χ0v) is 23.7.